The number of hydrogen-bond acceptors (Lipinski definition) is 3. The summed E-state index contributed by atoms with van der Waals surface area (Å²) in [4.78, 5) is 1.37. The number of halogens is 3. The first-order chi connectivity index (χ1) is 9.29. The van der Waals surface area contributed by atoms with Crippen LogP contribution >= 0.6 is 11.8 Å². The minimum atomic E-state index is -4.53. The Bertz CT molecular complexity index is 649. The maximum Gasteiger partial charge on any atom is 0.417 e. The number of hydrogen-bond donors (Lipinski definition) is 2. The van der Waals surface area contributed by atoms with Crippen LogP contribution in [0.5, 0.6) is 0 Å². The highest BCUT2D eigenvalue weighted by molar-refractivity contribution is 7.99. The van der Waals surface area contributed by atoms with E-state index in [2.05, 4.69) is 0 Å². The van der Waals surface area contributed by atoms with Crippen LogP contribution in [0, 0.1) is 12.3 Å². The fourth-order valence-electron chi connectivity index (χ4n) is 1.66. The smallest absolute Gasteiger partial charge is 0.417 e. The number of aryl methyl sites for hydroxylation is 1. The molecule has 1 aromatic heterocycles. The highest BCUT2D eigenvalue weighted by Crippen LogP contribution is 2.36. The monoisotopic (exact) mass is 300 g/mol. The topological polar surface area (TPSA) is 63.0 Å². The molecule has 0 fully saturated rings. The first-order valence-corrected chi connectivity index (χ1v) is 6.38. The Balaban J connectivity index is 2.41. The van der Waals surface area contributed by atoms with Gasteiger partial charge in [-0.1, -0.05) is 11.8 Å². The van der Waals surface area contributed by atoms with E-state index in [0.29, 0.717) is 10.7 Å². The summed E-state index contributed by atoms with van der Waals surface area (Å²) in [5.74, 6) is 0.0722. The quantitative estimate of drug-likeness (QED) is 0.664. The van der Waals surface area contributed by atoms with Gasteiger partial charge in [0.1, 0.15) is 11.6 Å². The Morgan fingerprint density at radius 1 is 1.30 bits per heavy atom. The SMILES string of the molecule is Cc1occc1Sc1ccc(C(F)(F)F)c(C(=N)N)c1. The predicted octanol–water partition coefficient (Wildman–Crippen LogP) is 4.04. The van der Waals surface area contributed by atoms with E-state index < -0.39 is 17.6 Å². The van der Waals surface area contributed by atoms with E-state index in [0.717, 1.165) is 11.0 Å². The molecule has 0 spiro atoms. The van der Waals surface area contributed by atoms with Gasteiger partial charge in [-0.25, -0.2) is 0 Å². The molecular formula is C13H11F3N2OS. The van der Waals surface area contributed by atoms with Crippen molar-refractivity contribution >= 4 is 17.6 Å². The Hall–Kier alpha value is -1.89. The lowest BCUT2D eigenvalue weighted by atomic mass is 10.1. The van der Waals surface area contributed by atoms with Crippen LogP contribution < -0.4 is 5.73 Å². The lowest BCUT2D eigenvalue weighted by Crippen LogP contribution is -2.18. The third kappa shape index (κ3) is 2.98. The number of nitrogens with two attached hydrogens (primary N) is 1. The summed E-state index contributed by atoms with van der Waals surface area (Å²) in [5, 5.41) is 7.29. The lowest BCUT2D eigenvalue weighted by molar-refractivity contribution is -0.137. The fourth-order valence-corrected chi connectivity index (χ4v) is 2.55. The standard InChI is InChI=1S/C13H11F3N2OS/c1-7-11(4-5-19-7)20-8-2-3-10(13(14,15)16)9(6-8)12(17)18/h2-6H,1H3,(H3,17,18). The Morgan fingerprint density at radius 2 is 2.00 bits per heavy atom. The summed E-state index contributed by atoms with van der Waals surface area (Å²) >= 11 is 1.26. The second-order valence-corrected chi connectivity index (χ2v) is 5.18. The van der Waals surface area contributed by atoms with Gasteiger partial charge in [0.2, 0.25) is 0 Å². The maximum atomic E-state index is 12.8. The van der Waals surface area contributed by atoms with E-state index in [1.54, 1.807) is 13.0 Å². The first kappa shape index (κ1) is 14.5. The lowest BCUT2D eigenvalue weighted by Gasteiger charge is -2.13. The van der Waals surface area contributed by atoms with Crippen molar-refractivity contribution < 1.29 is 17.6 Å². The summed E-state index contributed by atoms with van der Waals surface area (Å²) in [6, 6.07) is 5.29. The molecule has 0 atom stereocenters. The van der Waals surface area contributed by atoms with Crippen molar-refractivity contribution in [3.63, 3.8) is 0 Å². The number of amidine groups is 1. The summed E-state index contributed by atoms with van der Waals surface area (Å²) in [5.41, 5.74) is 4.02. The normalized spacial score (nSPS) is 11.6. The van der Waals surface area contributed by atoms with Gasteiger partial charge in [-0.05, 0) is 31.2 Å². The number of furan rings is 1. The molecule has 7 heteroatoms. The van der Waals surface area contributed by atoms with Gasteiger partial charge >= 0.3 is 6.18 Å². The van der Waals surface area contributed by atoms with Gasteiger partial charge in [0.25, 0.3) is 0 Å². The average molecular weight is 300 g/mol. The molecule has 0 aliphatic carbocycles. The number of nitrogen functional groups attached to an aromatic ring is 1. The van der Waals surface area contributed by atoms with Gasteiger partial charge in [0.15, 0.2) is 0 Å². The molecule has 0 amide bonds. The van der Waals surface area contributed by atoms with Gasteiger partial charge in [-0.2, -0.15) is 13.2 Å². The van der Waals surface area contributed by atoms with Crippen molar-refractivity contribution in [3.05, 3.63) is 47.4 Å². The average Bonchev–Trinajstić information content (AvgIpc) is 2.73. The Morgan fingerprint density at radius 3 is 2.50 bits per heavy atom. The van der Waals surface area contributed by atoms with Gasteiger partial charge in [-0.3, -0.25) is 5.41 Å². The molecule has 0 unspecified atom stereocenters. The third-order valence-electron chi connectivity index (χ3n) is 2.63. The van der Waals surface area contributed by atoms with Crippen molar-refractivity contribution in [1.29, 1.82) is 5.41 Å². The number of benzene rings is 1. The number of alkyl halides is 3. The second-order valence-electron chi connectivity index (χ2n) is 4.06. The largest absolute Gasteiger partial charge is 0.468 e. The summed E-state index contributed by atoms with van der Waals surface area (Å²) in [7, 11) is 0. The fraction of sp³-hybridized carbons (Fsp3) is 0.154. The van der Waals surface area contributed by atoms with Gasteiger partial charge in [-0.15, -0.1) is 0 Å². The molecule has 0 aliphatic heterocycles. The maximum absolute atomic E-state index is 12.8. The van der Waals surface area contributed by atoms with Crippen LogP contribution in [0.1, 0.15) is 16.9 Å². The van der Waals surface area contributed by atoms with Crippen LogP contribution in [0.25, 0.3) is 0 Å². The minimum absolute atomic E-state index is 0.316. The molecule has 2 aromatic rings. The summed E-state index contributed by atoms with van der Waals surface area (Å²) < 4.78 is 43.5. The Labute approximate surface area is 117 Å². The van der Waals surface area contributed by atoms with Crippen LogP contribution in [0.4, 0.5) is 13.2 Å². The molecule has 0 saturated carbocycles. The highest BCUT2D eigenvalue weighted by atomic mass is 32.2. The van der Waals surface area contributed by atoms with E-state index in [1.807, 2.05) is 0 Å². The molecule has 2 rings (SSSR count). The summed E-state index contributed by atoms with van der Waals surface area (Å²) in [6.45, 7) is 1.76. The molecule has 3 N–H and O–H groups in total. The van der Waals surface area contributed by atoms with Crippen LogP contribution in [0.15, 0.2) is 44.7 Å². The molecular weight excluding hydrogens is 289 g/mol. The van der Waals surface area contributed by atoms with Crippen molar-refractivity contribution in [1.82, 2.24) is 0 Å². The number of rotatable bonds is 3. The third-order valence-corrected chi connectivity index (χ3v) is 3.76. The van der Waals surface area contributed by atoms with Crippen LogP contribution in [0.2, 0.25) is 0 Å². The first-order valence-electron chi connectivity index (χ1n) is 5.56. The zero-order chi connectivity index (χ0) is 14.9. The minimum Gasteiger partial charge on any atom is -0.468 e. The van der Waals surface area contributed by atoms with Gasteiger partial charge < -0.3 is 10.2 Å². The molecule has 1 heterocycles. The van der Waals surface area contributed by atoms with Crippen molar-refractivity contribution in [2.45, 2.75) is 22.9 Å². The van der Waals surface area contributed by atoms with Crippen LogP contribution in [-0.4, -0.2) is 5.84 Å². The van der Waals surface area contributed by atoms with E-state index in [4.69, 9.17) is 15.6 Å². The van der Waals surface area contributed by atoms with Crippen LogP contribution in [-0.2, 0) is 6.18 Å². The predicted molar refractivity (Wildman–Crippen MR) is 70.0 cm³/mol. The molecule has 0 bridgehead atoms. The second kappa shape index (κ2) is 5.24. The number of nitrogens with one attached hydrogen (secondary N) is 1. The van der Waals surface area contributed by atoms with Gasteiger partial charge in [0.05, 0.1) is 16.7 Å². The molecule has 20 heavy (non-hydrogen) atoms. The van der Waals surface area contributed by atoms with Crippen LogP contribution in [0.3, 0.4) is 0 Å². The molecule has 3 nitrogen and oxygen atoms in total. The molecule has 0 radical (unpaired) electrons. The zero-order valence-electron chi connectivity index (χ0n) is 10.4. The van der Waals surface area contributed by atoms with Crippen molar-refractivity contribution in [2.75, 3.05) is 0 Å². The molecule has 106 valence electrons. The van der Waals surface area contributed by atoms with E-state index in [9.17, 15) is 13.2 Å². The molecule has 0 aliphatic rings. The molecule has 1 aromatic carbocycles. The zero-order valence-corrected chi connectivity index (χ0v) is 11.2. The van der Waals surface area contributed by atoms with E-state index >= 15 is 0 Å². The molecule has 0 saturated heterocycles. The van der Waals surface area contributed by atoms with E-state index in [-0.39, 0.29) is 5.56 Å². The van der Waals surface area contributed by atoms with Crippen molar-refractivity contribution in [2.24, 2.45) is 5.73 Å². The Kier molecular flexibility index (Phi) is 3.80. The summed E-state index contributed by atoms with van der Waals surface area (Å²) in [6.07, 6.45) is -3.02. The van der Waals surface area contributed by atoms with Crippen molar-refractivity contribution in [3.8, 4) is 0 Å². The van der Waals surface area contributed by atoms with Gasteiger partial charge in [0, 0.05) is 10.5 Å². The highest BCUT2D eigenvalue weighted by Gasteiger charge is 2.34. The van der Waals surface area contributed by atoms with E-state index in [1.165, 1.54) is 30.2 Å².